The number of methoxy groups -OCH3 is 1. The Morgan fingerprint density at radius 3 is 2.63 bits per heavy atom. The predicted molar refractivity (Wildman–Crippen MR) is 107 cm³/mol. The zero-order valence-electron chi connectivity index (χ0n) is 15.6. The first-order valence-corrected chi connectivity index (χ1v) is 9.57. The van der Waals surface area contributed by atoms with Crippen LogP contribution in [0.2, 0.25) is 0 Å². The molecule has 0 amide bonds. The van der Waals surface area contributed by atoms with Crippen LogP contribution in [0.1, 0.15) is 17.0 Å². The molecule has 0 aliphatic heterocycles. The van der Waals surface area contributed by atoms with Crippen LogP contribution in [0.5, 0.6) is 0 Å². The standard InChI is InChI=1S/C20H22N4O2S/c1-14-9-10-17(15(2)11-14)21-12-18-22-23-20(27-13-19(25)26-3)24(18)16-7-5-4-6-8-16/h4-11,21H,12-13H2,1-3H3. The summed E-state index contributed by atoms with van der Waals surface area (Å²) in [5.41, 5.74) is 4.42. The first kappa shape index (κ1) is 19.0. The number of rotatable bonds is 7. The fraction of sp³-hybridized carbons (Fsp3) is 0.250. The smallest absolute Gasteiger partial charge is 0.316 e. The highest BCUT2D eigenvalue weighted by Gasteiger charge is 2.16. The molecule has 0 fully saturated rings. The van der Waals surface area contributed by atoms with E-state index in [-0.39, 0.29) is 11.7 Å². The molecule has 3 aromatic rings. The molecule has 0 radical (unpaired) electrons. The number of aryl methyl sites for hydroxylation is 2. The molecule has 1 aromatic heterocycles. The van der Waals surface area contributed by atoms with E-state index in [9.17, 15) is 4.79 Å². The number of hydrogen-bond acceptors (Lipinski definition) is 6. The first-order chi connectivity index (χ1) is 13.1. The monoisotopic (exact) mass is 382 g/mol. The molecule has 0 saturated carbocycles. The summed E-state index contributed by atoms with van der Waals surface area (Å²) in [6, 6.07) is 16.2. The third kappa shape index (κ3) is 4.68. The lowest BCUT2D eigenvalue weighted by atomic mass is 10.1. The second kappa shape index (κ2) is 8.73. The van der Waals surface area contributed by atoms with Gasteiger partial charge in [-0.2, -0.15) is 0 Å². The lowest BCUT2D eigenvalue weighted by molar-refractivity contribution is -0.137. The Balaban J connectivity index is 1.85. The number of aromatic nitrogens is 3. The molecule has 0 aliphatic carbocycles. The lowest BCUT2D eigenvalue weighted by Gasteiger charge is -2.12. The molecule has 0 saturated heterocycles. The molecule has 27 heavy (non-hydrogen) atoms. The van der Waals surface area contributed by atoms with Crippen LogP contribution in [-0.4, -0.2) is 33.6 Å². The molecule has 1 heterocycles. The summed E-state index contributed by atoms with van der Waals surface area (Å²) in [6.07, 6.45) is 0. The van der Waals surface area contributed by atoms with Crippen molar-refractivity contribution >= 4 is 23.4 Å². The quantitative estimate of drug-likeness (QED) is 0.496. The van der Waals surface area contributed by atoms with Crippen LogP contribution in [0.15, 0.2) is 53.7 Å². The summed E-state index contributed by atoms with van der Waals surface area (Å²) in [5, 5.41) is 12.7. The van der Waals surface area contributed by atoms with Crippen molar-refractivity contribution < 1.29 is 9.53 Å². The number of benzene rings is 2. The van der Waals surface area contributed by atoms with Gasteiger partial charge in [0.25, 0.3) is 0 Å². The summed E-state index contributed by atoms with van der Waals surface area (Å²) in [4.78, 5) is 11.5. The van der Waals surface area contributed by atoms with Gasteiger partial charge < -0.3 is 10.1 Å². The van der Waals surface area contributed by atoms with E-state index in [0.29, 0.717) is 11.7 Å². The second-order valence-corrected chi connectivity index (χ2v) is 7.05. The highest BCUT2D eigenvalue weighted by Crippen LogP contribution is 2.23. The second-order valence-electron chi connectivity index (χ2n) is 6.11. The summed E-state index contributed by atoms with van der Waals surface area (Å²) < 4.78 is 6.69. The molecule has 6 nitrogen and oxygen atoms in total. The van der Waals surface area contributed by atoms with E-state index in [1.54, 1.807) is 0 Å². The predicted octanol–water partition coefficient (Wildman–Crippen LogP) is 3.76. The SMILES string of the molecule is COC(=O)CSc1nnc(CNc2ccc(C)cc2C)n1-c1ccccc1. The minimum atomic E-state index is -0.294. The van der Waals surface area contributed by atoms with Gasteiger partial charge >= 0.3 is 5.97 Å². The van der Waals surface area contributed by atoms with Crippen molar-refractivity contribution in [3.05, 3.63) is 65.5 Å². The van der Waals surface area contributed by atoms with Crippen LogP contribution in [0, 0.1) is 13.8 Å². The van der Waals surface area contributed by atoms with E-state index in [1.165, 1.54) is 30.0 Å². The number of hydrogen-bond donors (Lipinski definition) is 1. The van der Waals surface area contributed by atoms with Gasteiger partial charge in [0.2, 0.25) is 0 Å². The van der Waals surface area contributed by atoms with Gasteiger partial charge in [-0.15, -0.1) is 10.2 Å². The van der Waals surface area contributed by atoms with Crippen LogP contribution < -0.4 is 5.32 Å². The van der Waals surface area contributed by atoms with Gasteiger partial charge in [0.15, 0.2) is 11.0 Å². The van der Waals surface area contributed by atoms with Gasteiger partial charge in [-0.3, -0.25) is 9.36 Å². The van der Waals surface area contributed by atoms with E-state index in [2.05, 4.69) is 47.6 Å². The largest absolute Gasteiger partial charge is 0.468 e. The molecular formula is C20H22N4O2S. The Labute approximate surface area is 163 Å². The highest BCUT2D eigenvalue weighted by molar-refractivity contribution is 7.99. The average Bonchev–Trinajstić information content (AvgIpc) is 3.09. The Kier molecular flexibility index (Phi) is 6.13. The first-order valence-electron chi connectivity index (χ1n) is 8.59. The van der Waals surface area contributed by atoms with E-state index in [0.717, 1.165) is 17.2 Å². The summed E-state index contributed by atoms with van der Waals surface area (Å²) in [5.74, 6) is 0.664. The number of nitrogens with one attached hydrogen (secondary N) is 1. The summed E-state index contributed by atoms with van der Waals surface area (Å²) in [6.45, 7) is 4.67. The van der Waals surface area contributed by atoms with Crippen molar-refractivity contribution in [1.29, 1.82) is 0 Å². The topological polar surface area (TPSA) is 69.0 Å². The van der Waals surface area contributed by atoms with Crippen molar-refractivity contribution in [1.82, 2.24) is 14.8 Å². The number of carbonyl (C=O) groups excluding carboxylic acids is 1. The summed E-state index contributed by atoms with van der Waals surface area (Å²) >= 11 is 1.31. The zero-order valence-corrected chi connectivity index (χ0v) is 16.4. The number of carbonyl (C=O) groups is 1. The third-order valence-electron chi connectivity index (χ3n) is 4.08. The van der Waals surface area contributed by atoms with Crippen molar-refractivity contribution in [2.45, 2.75) is 25.5 Å². The van der Waals surface area contributed by atoms with E-state index >= 15 is 0 Å². The van der Waals surface area contributed by atoms with Crippen molar-refractivity contribution in [2.24, 2.45) is 0 Å². The molecule has 0 aliphatic rings. The van der Waals surface area contributed by atoms with E-state index in [1.807, 2.05) is 34.9 Å². The Hall–Kier alpha value is -2.80. The number of anilines is 1. The Morgan fingerprint density at radius 2 is 1.93 bits per heavy atom. The maximum absolute atomic E-state index is 11.5. The highest BCUT2D eigenvalue weighted by atomic mass is 32.2. The molecule has 0 unspecified atom stereocenters. The van der Waals surface area contributed by atoms with Crippen molar-refractivity contribution in [2.75, 3.05) is 18.2 Å². The summed E-state index contributed by atoms with van der Waals surface area (Å²) in [7, 11) is 1.38. The number of thioether (sulfide) groups is 1. The molecular weight excluding hydrogens is 360 g/mol. The van der Waals surface area contributed by atoms with Gasteiger partial charge in [0, 0.05) is 11.4 Å². The maximum atomic E-state index is 11.5. The van der Waals surface area contributed by atoms with Crippen molar-refractivity contribution in [3.8, 4) is 5.69 Å². The molecule has 0 bridgehead atoms. The fourth-order valence-corrected chi connectivity index (χ4v) is 3.52. The van der Waals surface area contributed by atoms with Crippen LogP contribution in [0.3, 0.4) is 0 Å². The van der Waals surface area contributed by atoms with Gasteiger partial charge in [-0.1, -0.05) is 47.7 Å². The molecule has 2 aromatic carbocycles. The van der Waals surface area contributed by atoms with E-state index in [4.69, 9.17) is 4.74 Å². The fourth-order valence-electron chi connectivity index (χ4n) is 2.71. The number of nitrogens with zero attached hydrogens (tertiary/aromatic N) is 3. The normalized spacial score (nSPS) is 10.6. The van der Waals surface area contributed by atoms with Crippen LogP contribution in [0.4, 0.5) is 5.69 Å². The zero-order chi connectivity index (χ0) is 19.2. The van der Waals surface area contributed by atoms with Crippen LogP contribution in [-0.2, 0) is 16.1 Å². The van der Waals surface area contributed by atoms with Gasteiger partial charge in [-0.05, 0) is 37.6 Å². The molecule has 1 N–H and O–H groups in total. The minimum absolute atomic E-state index is 0.186. The molecule has 7 heteroatoms. The number of esters is 1. The molecule has 3 rings (SSSR count). The van der Waals surface area contributed by atoms with E-state index < -0.39 is 0 Å². The van der Waals surface area contributed by atoms with Gasteiger partial charge in [-0.25, -0.2) is 0 Å². The number of ether oxygens (including phenoxy) is 1. The third-order valence-corrected chi connectivity index (χ3v) is 4.98. The molecule has 0 atom stereocenters. The Bertz CT molecular complexity index is 925. The number of para-hydroxylation sites is 1. The molecule has 0 spiro atoms. The lowest BCUT2D eigenvalue weighted by Crippen LogP contribution is -2.10. The molecule has 140 valence electrons. The van der Waals surface area contributed by atoms with Gasteiger partial charge in [0.1, 0.15) is 0 Å². The average molecular weight is 382 g/mol. The van der Waals surface area contributed by atoms with Crippen LogP contribution >= 0.6 is 11.8 Å². The Morgan fingerprint density at radius 1 is 1.15 bits per heavy atom. The van der Waals surface area contributed by atoms with Gasteiger partial charge in [0.05, 0.1) is 19.4 Å². The van der Waals surface area contributed by atoms with Crippen LogP contribution in [0.25, 0.3) is 5.69 Å². The van der Waals surface area contributed by atoms with Crippen molar-refractivity contribution in [3.63, 3.8) is 0 Å². The maximum Gasteiger partial charge on any atom is 0.316 e. The minimum Gasteiger partial charge on any atom is -0.468 e.